The zero-order valence-electron chi connectivity index (χ0n) is 12.5. The molecule has 3 N–H and O–H groups in total. The summed E-state index contributed by atoms with van der Waals surface area (Å²) >= 11 is 0. The van der Waals surface area contributed by atoms with Crippen LogP contribution in [0.15, 0.2) is 41.3 Å². The molecule has 7 nitrogen and oxygen atoms in total. The van der Waals surface area contributed by atoms with Gasteiger partial charge in [0, 0.05) is 17.8 Å². The van der Waals surface area contributed by atoms with Crippen LogP contribution in [0.25, 0.3) is 16.8 Å². The Morgan fingerprint density at radius 2 is 2.13 bits per heavy atom. The molecule has 4 rings (SSSR count). The highest BCUT2D eigenvalue weighted by molar-refractivity contribution is 5.66. The number of nitrogens with two attached hydrogens (primary N) is 1. The van der Waals surface area contributed by atoms with Gasteiger partial charge in [-0.15, -0.1) is 0 Å². The maximum absolute atomic E-state index is 12.0. The summed E-state index contributed by atoms with van der Waals surface area (Å²) in [5, 5.41) is 6.48. The number of aromatic amines is 1. The number of aromatic nitrogens is 4. The van der Waals surface area contributed by atoms with Crippen LogP contribution in [0.1, 0.15) is 17.4 Å². The van der Waals surface area contributed by atoms with Crippen molar-refractivity contribution in [3.63, 3.8) is 0 Å². The van der Waals surface area contributed by atoms with Crippen LogP contribution < -0.4 is 16.2 Å². The predicted octanol–water partition coefficient (Wildman–Crippen LogP) is 1.19. The van der Waals surface area contributed by atoms with E-state index in [0.717, 1.165) is 22.4 Å². The van der Waals surface area contributed by atoms with Crippen molar-refractivity contribution in [3.05, 3.63) is 58.4 Å². The molecule has 1 aliphatic rings. The number of benzene rings is 1. The van der Waals surface area contributed by atoms with Gasteiger partial charge in [-0.05, 0) is 35.7 Å². The fourth-order valence-corrected chi connectivity index (χ4v) is 2.94. The number of H-pyrrole nitrogens is 1. The van der Waals surface area contributed by atoms with Gasteiger partial charge in [-0.3, -0.25) is 0 Å². The Labute approximate surface area is 131 Å². The van der Waals surface area contributed by atoms with Gasteiger partial charge >= 0.3 is 5.69 Å². The summed E-state index contributed by atoms with van der Waals surface area (Å²) < 4.78 is 6.62. The molecule has 1 aromatic carbocycles. The van der Waals surface area contributed by atoms with Gasteiger partial charge in [0.25, 0.3) is 0 Å². The smallest absolute Gasteiger partial charge is 0.347 e. The number of hydrogen-bond acceptors (Lipinski definition) is 5. The van der Waals surface area contributed by atoms with Crippen LogP contribution >= 0.6 is 0 Å². The number of nitrogens with one attached hydrogen (secondary N) is 1. The maximum Gasteiger partial charge on any atom is 0.347 e. The van der Waals surface area contributed by atoms with Gasteiger partial charge in [0.05, 0.1) is 18.8 Å². The minimum atomic E-state index is -0.300. The second kappa shape index (κ2) is 5.06. The van der Waals surface area contributed by atoms with Crippen molar-refractivity contribution in [1.29, 1.82) is 0 Å². The van der Waals surface area contributed by atoms with E-state index in [1.807, 2.05) is 30.3 Å². The Morgan fingerprint density at radius 3 is 2.87 bits per heavy atom. The summed E-state index contributed by atoms with van der Waals surface area (Å²) in [5.41, 5.74) is 9.70. The van der Waals surface area contributed by atoms with E-state index in [0.29, 0.717) is 18.1 Å². The number of methoxy groups -OCH3 is 1. The van der Waals surface area contributed by atoms with Crippen molar-refractivity contribution in [1.82, 2.24) is 19.7 Å². The molecule has 3 aromatic rings. The molecule has 3 heterocycles. The predicted molar refractivity (Wildman–Crippen MR) is 84.6 cm³/mol. The number of ether oxygens (including phenoxy) is 1. The molecule has 116 valence electrons. The first-order chi connectivity index (χ1) is 11.2. The molecule has 0 radical (unpaired) electrons. The number of fused-ring (bicyclic) bond motifs is 3. The number of nitrogens with zero attached hydrogens (tertiary/aromatic N) is 3. The minimum absolute atomic E-state index is 0.268. The van der Waals surface area contributed by atoms with Gasteiger partial charge < -0.3 is 10.5 Å². The van der Waals surface area contributed by atoms with Crippen LogP contribution in [-0.2, 0) is 6.42 Å². The molecule has 0 spiro atoms. The molecule has 0 saturated heterocycles. The van der Waals surface area contributed by atoms with Crippen LogP contribution in [0, 0.1) is 0 Å². The lowest BCUT2D eigenvalue weighted by atomic mass is 9.96. The first-order valence-electron chi connectivity index (χ1n) is 7.24. The summed E-state index contributed by atoms with van der Waals surface area (Å²) in [7, 11) is 1.59. The van der Waals surface area contributed by atoms with Gasteiger partial charge in [0.2, 0.25) is 5.88 Å². The molecule has 1 unspecified atom stereocenters. The molecular weight excluding hydrogens is 294 g/mol. The summed E-state index contributed by atoms with van der Waals surface area (Å²) in [6.07, 6.45) is 2.40. The quantitative estimate of drug-likeness (QED) is 0.741. The standard InChI is InChI=1S/C16H15N5O2/c1-23-14-5-3-10(8-18-14)9-2-4-13-11(6-9)7-12(17)15-19-20-16(22)21(13)15/h2-6,8,12H,7,17H2,1H3,(H,20,22). The third-order valence-electron chi connectivity index (χ3n) is 4.07. The average molecular weight is 309 g/mol. The second-order valence-electron chi connectivity index (χ2n) is 5.47. The van der Waals surface area contributed by atoms with Crippen molar-refractivity contribution in [2.45, 2.75) is 12.5 Å². The molecule has 0 amide bonds. The van der Waals surface area contributed by atoms with Gasteiger partial charge in [0.1, 0.15) is 0 Å². The topological polar surface area (TPSA) is 98.8 Å². The summed E-state index contributed by atoms with van der Waals surface area (Å²) in [6.45, 7) is 0. The number of rotatable bonds is 2. The molecular formula is C16H15N5O2. The first kappa shape index (κ1) is 13.7. The van der Waals surface area contributed by atoms with Gasteiger partial charge in [-0.1, -0.05) is 6.07 Å². The lowest BCUT2D eigenvalue weighted by molar-refractivity contribution is 0.398. The molecule has 1 aliphatic heterocycles. The largest absolute Gasteiger partial charge is 0.481 e. The Balaban J connectivity index is 1.82. The fraction of sp³-hybridized carbons (Fsp3) is 0.188. The Bertz CT molecular complexity index is 926. The van der Waals surface area contributed by atoms with Gasteiger partial charge in [0.15, 0.2) is 5.82 Å². The minimum Gasteiger partial charge on any atom is -0.481 e. The van der Waals surface area contributed by atoms with Crippen molar-refractivity contribution < 1.29 is 4.74 Å². The second-order valence-corrected chi connectivity index (χ2v) is 5.47. The molecule has 0 saturated carbocycles. The van der Waals surface area contributed by atoms with Crippen molar-refractivity contribution >= 4 is 0 Å². The van der Waals surface area contributed by atoms with Crippen molar-refractivity contribution in [2.75, 3.05) is 7.11 Å². The van der Waals surface area contributed by atoms with E-state index in [1.165, 1.54) is 0 Å². The monoisotopic (exact) mass is 309 g/mol. The van der Waals surface area contributed by atoms with Crippen LogP contribution in [0.2, 0.25) is 0 Å². The van der Waals surface area contributed by atoms with Crippen LogP contribution in [0.5, 0.6) is 5.88 Å². The zero-order valence-corrected chi connectivity index (χ0v) is 12.5. The third kappa shape index (κ3) is 2.13. The van der Waals surface area contributed by atoms with E-state index in [9.17, 15) is 4.79 Å². The molecule has 7 heteroatoms. The molecule has 0 aliphatic carbocycles. The number of hydrogen-bond donors (Lipinski definition) is 2. The zero-order chi connectivity index (χ0) is 16.0. The van der Waals surface area contributed by atoms with E-state index in [-0.39, 0.29) is 11.7 Å². The fourth-order valence-electron chi connectivity index (χ4n) is 2.94. The lowest BCUT2D eigenvalue weighted by Crippen LogP contribution is -2.28. The van der Waals surface area contributed by atoms with Crippen molar-refractivity contribution in [3.8, 4) is 22.7 Å². The summed E-state index contributed by atoms with van der Waals surface area (Å²) in [5.74, 6) is 1.14. The lowest BCUT2D eigenvalue weighted by Gasteiger charge is -2.22. The van der Waals surface area contributed by atoms with Crippen LogP contribution in [0.4, 0.5) is 0 Å². The highest BCUT2D eigenvalue weighted by Gasteiger charge is 2.25. The summed E-state index contributed by atoms with van der Waals surface area (Å²) in [6, 6.07) is 9.39. The van der Waals surface area contributed by atoms with E-state index < -0.39 is 0 Å². The van der Waals surface area contributed by atoms with Gasteiger partial charge in [-0.25, -0.2) is 19.4 Å². The normalized spacial score (nSPS) is 15.8. The highest BCUT2D eigenvalue weighted by Crippen LogP contribution is 2.31. The van der Waals surface area contributed by atoms with E-state index in [2.05, 4.69) is 15.2 Å². The van der Waals surface area contributed by atoms with Gasteiger partial charge in [-0.2, -0.15) is 5.10 Å². The Hall–Kier alpha value is -2.93. The van der Waals surface area contributed by atoms with E-state index in [4.69, 9.17) is 10.5 Å². The molecule has 0 bridgehead atoms. The van der Waals surface area contributed by atoms with Crippen molar-refractivity contribution in [2.24, 2.45) is 5.73 Å². The first-order valence-corrected chi connectivity index (χ1v) is 7.24. The molecule has 23 heavy (non-hydrogen) atoms. The Kier molecular flexibility index (Phi) is 3.02. The number of pyridine rings is 1. The SMILES string of the molecule is COc1ccc(-c2ccc3c(c2)CC(N)c2n[nH]c(=O)n2-3)cn1. The van der Waals surface area contributed by atoms with Crippen LogP contribution in [0.3, 0.4) is 0 Å². The maximum atomic E-state index is 12.0. The molecule has 1 atom stereocenters. The molecule has 0 fully saturated rings. The Morgan fingerprint density at radius 1 is 1.30 bits per heavy atom. The van der Waals surface area contributed by atoms with E-state index in [1.54, 1.807) is 17.9 Å². The third-order valence-corrected chi connectivity index (χ3v) is 4.07. The van der Waals surface area contributed by atoms with E-state index >= 15 is 0 Å². The van der Waals surface area contributed by atoms with Crippen LogP contribution in [-0.4, -0.2) is 26.9 Å². The highest BCUT2D eigenvalue weighted by atomic mass is 16.5. The summed E-state index contributed by atoms with van der Waals surface area (Å²) in [4.78, 5) is 16.2. The molecule has 2 aromatic heterocycles. The average Bonchev–Trinajstić information content (AvgIpc) is 2.97.